The summed E-state index contributed by atoms with van der Waals surface area (Å²) in [5, 5.41) is 19.1. The fraction of sp³-hybridized carbons (Fsp3) is 0.273. The maximum absolute atomic E-state index is 11.1. The topological polar surface area (TPSA) is 77.1 Å². The molecule has 2 heterocycles. The summed E-state index contributed by atoms with van der Waals surface area (Å²) in [5.74, 6) is 0. The van der Waals surface area contributed by atoms with Gasteiger partial charge in [0, 0.05) is 25.7 Å². The lowest BCUT2D eigenvalue weighted by Gasteiger charge is -2.26. The molecule has 0 radical (unpaired) electrons. The van der Waals surface area contributed by atoms with Gasteiger partial charge in [-0.15, -0.1) is 5.10 Å². The maximum Gasteiger partial charge on any atom is 0.293 e. The molecule has 7 heteroatoms. The maximum atomic E-state index is 11.1. The average molecular weight is 245 g/mol. The lowest BCUT2D eigenvalue weighted by atomic mass is 10.0. The van der Waals surface area contributed by atoms with Crippen LogP contribution in [0.15, 0.2) is 18.2 Å². The first-order valence-corrected chi connectivity index (χ1v) is 5.47. The number of hydrogen-bond donors (Lipinski definition) is 0. The zero-order chi connectivity index (χ0) is 12.9. The van der Waals surface area contributed by atoms with Crippen LogP contribution in [0.1, 0.15) is 5.69 Å². The molecule has 1 aromatic heterocycles. The second-order valence-corrected chi connectivity index (χ2v) is 4.29. The molecule has 18 heavy (non-hydrogen) atoms. The van der Waals surface area contributed by atoms with Crippen LogP contribution in [0.2, 0.25) is 0 Å². The Morgan fingerprint density at radius 1 is 1.39 bits per heavy atom. The third kappa shape index (κ3) is 1.30. The van der Waals surface area contributed by atoms with E-state index in [4.69, 9.17) is 0 Å². The molecule has 1 aliphatic rings. The molecule has 3 rings (SSSR count). The molecule has 0 bridgehead atoms. The van der Waals surface area contributed by atoms with E-state index in [0.717, 1.165) is 17.0 Å². The molecular weight excluding hydrogens is 234 g/mol. The van der Waals surface area contributed by atoms with Crippen molar-refractivity contribution in [3.05, 3.63) is 34.0 Å². The Morgan fingerprint density at radius 2 is 2.17 bits per heavy atom. The van der Waals surface area contributed by atoms with Crippen LogP contribution in [0.4, 0.5) is 11.4 Å². The van der Waals surface area contributed by atoms with Gasteiger partial charge in [-0.05, 0) is 0 Å². The molecule has 0 spiro atoms. The third-order valence-corrected chi connectivity index (χ3v) is 3.18. The predicted octanol–water partition coefficient (Wildman–Crippen LogP) is 1.34. The number of para-hydroxylation sites is 1. The van der Waals surface area contributed by atoms with Gasteiger partial charge < -0.3 is 4.90 Å². The van der Waals surface area contributed by atoms with Crippen LogP contribution >= 0.6 is 0 Å². The molecule has 0 aliphatic carbocycles. The van der Waals surface area contributed by atoms with Gasteiger partial charge in [0.25, 0.3) is 5.69 Å². The van der Waals surface area contributed by atoms with Gasteiger partial charge in [0.1, 0.15) is 11.4 Å². The number of anilines is 1. The Kier molecular flexibility index (Phi) is 2.09. The van der Waals surface area contributed by atoms with Crippen molar-refractivity contribution in [2.45, 2.75) is 6.54 Å². The van der Waals surface area contributed by atoms with Crippen LogP contribution in [-0.2, 0) is 13.6 Å². The van der Waals surface area contributed by atoms with Crippen molar-refractivity contribution in [1.82, 2.24) is 15.0 Å². The molecule has 0 amide bonds. The van der Waals surface area contributed by atoms with Crippen molar-refractivity contribution in [3.8, 4) is 11.3 Å². The number of rotatable bonds is 1. The first-order chi connectivity index (χ1) is 8.59. The van der Waals surface area contributed by atoms with Crippen LogP contribution < -0.4 is 4.90 Å². The van der Waals surface area contributed by atoms with E-state index >= 15 is 0 Å². The van der Waals surface area contributed by atoms with E-state index in [1.807, 2.05) is 25.1 Å². The highest BCUT2D eigenvalue weighted by Gasteiger charge is 2.30. The van der Waals surface area contributed by atoms with Crippen LogP contribution in [0.3, 0.4) is 0 Å². The first kappa shape index (κ1) is 10.7. The summed E-state index contributed by atoms with van der Waals surface area (Å²) in [4.78, 5) is 12.6. The molecule has 0 N–H and O–H groups in total. The quantitative estimate of drug-likeness (QED) is 0.559. The van der Waals surface area contributed by atoms with Crippen LogP contribution in [0.25, 0.3) is 11.3 Å². The Labute approximate surface area is 103 Å². The third-order valence-electron chi connectivity index (χ3n) is 3.18. The minimum absolute atomic E-state index is 0.103. The van der Waals surface area contributed by atoms with Gasteiger partial charge in [0.15, 0.2) is 0 Å². The normalized spacial score (nSPS) is 13.1. The van der Waals surface area contributed by atoms with E-state index in [1.165, 1.54) is 6.07 Å². The second kappa shape index (κ2) is 3.52. The fourth-order valence-corrected chi connectivity index (χ4v) is 2.34. The minimum Gasteiger partial charge on any atom is -0.363 e. The van der Waals surface area contributed by atoms with Gasteiger partial charge in [0.2, 0.25) is 0 Å². The van der Waals surface area contributed by atoms with Crippen molar-refractivity contribution in [2.24, 2.45) is 7.05 Å². The Hall–Kier alpha value is -2.44. The molecule has 1 aromatic carbocycles. The monoisotopic (exact) mass is 245 g/mol. The Bertz CT molecular complexity index is 649. The minimum atomic E-state index is -0.364. The lowest BCUT2D eigenvalue weighted by Crippen LogP contribution is -2.24. The molecule has 2 aromatic rings. The van der Waals surface area contributed by atoms with Crippen molar-refractivity contribution < 1.29 is 4.92 Å². The number of aromatic nitrogens is 3. The highest BCUT2D eigenvalue weighted by molar-refractivity contribution is 5.86. The molecule has 92 valence electrons. The van der Waals surface area contributed by atoms with E-state index in [9.17, 15) is 10.1 Å². The van der Waals surface area contributed by atoms with Crippen molar-refractivity contribution in [3.63, 3.8) is 0 Å². The van der Waals surface area contributed by atoms with E-state index in [-0.39, 0.29) is 10.6 Å². The van der Waals surface area contributed by atoms with Gasteiger partial charge in [-0.25, -0.2) is 4.68 Å². The van der Waals surface area contributed by atoms with Gasteiger partial charge in [-0.3, -0.25) is 10.1 Å². The average Bonchev–Trinajstić information content (AvgIpc) is 2.71. The largest absolute Gasteiger partial charge is 0.363 e. The molecule has 1 aliphatic heterocycles. The highest BCUT2D eigenvalue weighted by Crippen LogP contribution is 2.42. The van der Waals surface area contributed by atoms with E-state index in [0.29, 0.717) is 12.2 Å². The number of nitro benzene ring substituents is 1. The summed E-state index contributed by atoms with van der Waals surface area (Å²) < 4.78 is 1.70. The number of aryl methyl sites for hydroxylation is 1. The summed E-state index contributed by atoms with van der Waals surface area (Å²) in [6, 6.07) is 5.02. The SMILES string of the molecule is CN1Cc2c(nnn2C)-c2cccc([N+](=O)[O-])c21. The zero-order valence-corrected chi connectivity index (χ0v) is 9.99. The molecule has 0 atom stereocenters. The van der Waals surface area contributed by atoms with E-state index < -0.39 is 0 Å². The molecule has 0 fully saturated rings. The van der Waals surface area contributed by atoms with Gasteiger partial charge in [0.05, 0.1) is 17.2 Å². The van der Waals surface area contributed by atoms with Crippen LogP contribution in [0, 0.1) is 10.1 Å². The standard InChI is InChI=1S/C11H11N5O2/c1-14-6-9-10(12-13-15(9)2)7-4-3-5-8(11(7)14)16(17)18/h3-5H,6H2,1-2H3. The molecule has 0 saturated heterocycles. The summed E-state index contributed by atoms with van der Waals surface area (Å²) in [6.45, 7) is 0.566. The summed E-state index contributed by atoms with van der Waals surface area (Å²) in [5.41, 5.74) is 3.17. The fourth-order valence-electron chi connectivity index (χ4n) is 2.34. The summed E-state index contributed by atoms with van der Waals surface area (Å²) in [7, 11) is 3.66. The summed E-state index contributed by atoms with van der Waals surface area (Å²) >= 11 is 0. The first-order valence-electron chi connectivity index (χ1n) is 5.47. The number of fused-ring (bicyclic) bond motifs is 3. The highest BCUT2D eigenvalue weighted by atomic mass is 16.6. The Balaban J connectivity index is 2.32. The van der Waals surface area contributed by atoms with Gasteiger partial charge in [-0.1, -0.05) is 17.3 Å². The summed E-state index contributed by atoms with van der Waals surface area (Å²) in [6.07, 6.45) is 0. The van der Waals surface area contributed by atoms with Gasteiger partial charge >= 0.3 is 0 Å². The second-order valence-electron chi connectivity index (χ2n) is 4.29. The van der Waals surface area contributed by atoms with E-state index in [1.54, 1.807) is 10.7 Å². The number of hydrogen-bond acceptors (Lipinski definition) is 5. The van der Waals surface area contributed by atoms with E-state index in [2.05, 4.69) is 10.3 Å². The smallest absolute Gasteiger partial charge is 0.293 e. The van der Waals surface area contributed by atoms with Crippen molar-refractivity contribution >= 4 is 11.4 Å². The van der Waals surface area contributed by atoms with Crippen LogP contribution in [0.5, 0.6) is 0 Å². The van der Waals surface area contributed by atoms with Gasteiger partial charge in [-0.2, -0.15) is 0 Å². The zero-order valence-electron chi connectivity index (χ0n) is 9.99. The number of benzene rings is 1. The number of nitrogens with zero attached hydrogens (tertiary/aromatic N) is 5. The Morgan fingerprint density at radius 3 is 2.89 bits per heavy atom. The van der Waals surface area contributed by atoms with Crippen molar-refractivity contribution in [2.75, 3.05) is 11.9 Å². The molecule has 0 saturated carbocycles. The van der Waals surface area contributed by atoms with Crippen molar-refractivity contribution in [1.29, 1.82) is 0 Å². The number of nitro groups is 1. The molecule has 7 nitrogen and oxygen atoms in total. The lowest BCUT2D eigenvalue weighted by molar-refractivity contribution is -0.384. The molecular formula is C11H11N5O2. The van der Waals surface area contributed by atoms with Crippen LogP contribution in [-0.4, -0.2) is 27.0 Å². The molecule has 0 unspecified atom stereocenters. The predicted molar refractivity (Wildman–Crippen MR) is 65.2 cm³/mol.